The second-order valence-corrected chi connectivity index (χ2v) is 7.05. The molecule has 10 nitrogen and oxygen atoms in total. The number of rotatable bonds is 4. The highest BCUT2D eigenvalue weighted by atomic mass is 32.2. The number of hydrogen-bond acceptors (Lipinski definition) is 11. The third kappa shape index (κ3) is 3.80. The van der Waals surface area contributed by atoms with Crippen molar-refractivity contribution < 1.29 is 50.3 Å². The highest BCUT2D eigenvalue weighted by molar-refractivity contribution is 8.01. The molecule has 2 fully saturated rings. The Kier molecular flexibility index (Phi) is 6.25. The van der Waals surface area contributed by atoms with Gasteiger partial charge in [-0.2, -0.15) is 0 Å². The van der Waals surface area contributed by atoms with E-state index in [1.54, 1.807) is 0 Å². The Morgan fingerprint density at radius 2 is 1.48 bits per heavy atom. The molecule has 8 N–H and O–H groups in total. The molecule has 136 valence electrons. The summed E-state index contributed by atoms with van der Waals surface area (Å²) in [5.74, 6) is 0. The van der Waals surface area contributed by atoms with Gasteiger partial charge in [0.05, 0.1) is 19.3 Å². The zero-order valence-corrected chi connectivity index (χ0v) is 12.9. The van der Waals surface area contributed by atoms with E-state index < -0.39 is 66.5 Å². The molecular formula is C12H22O10S. The molecule has 2 aliphatic rings. The Morgan fingerprint density at radius 3 is 2.04 bits per heavy atom. The lowest BCUT2D eigenvalue weighted by Gasteiger charge is -2.46. The molecule has 0 aromatic rings. The third-order valence-corrected chi connectivity index (χ3v) is 5.37. The predicted octanol–water partition coefficient (Wildman–Crippen LogP) is -4.33. The minimum absolute atomic E-state index is 0.390. The van der Waals surface area contributed by atoms with E-state index in [-0.39, 0.29) is 6.42 Å². The molecule has 1 unspecified atom stereocenters. The standard InChI is InChI=1S/C12H22O10S/c13-2-5-4(15)1-12(20,11(19)22-5)23-10-9(18)8(17)7(16)6(3-14)21-10/h4-11,13-20H,1-3H2/t4-,5+,6+,7+,8-,9+,10-,11?,12-/m0/s1. The number of ether oxygens (including phenoxy) is 2. The van der Waals surface area contributed by atoms with Crippen molar-refractivity contribution in [3.8, 4) is 0 Å². The van der Waals surface area contributed by atoms with E-state index in [1.165, 1.54) is 0 Å². The number of aliphatic hydroxyl groups excluding tert-OH is 7. The van der Waals surface area contributed by atoms with Crippen LogP contribution in [0.2, 0.25) is 0 Å². The SMILES string of the molecule is OC[C@H]1O[C@@H](S[C@@]2(O)C[C@H](O)[C@@H](CO)OC2O)[C@H](O)[C@@H](O)[C@@H]1O. The van der Waals surface area contributed by atoms with Gasteiger partial charge in [-0.15, -0.1) is 0 Å². The molecule has 0 aliphatic carbocycles. The van der Waals surface area contributed by atoms with Crippen LogP contribution in [0.3, 0.4) is 0 Å². The molecule has 0 saturated carbocycles. The van der Waals surface area contributed by atoms with Crippen LogP contribution in [0.15, 0.2) is 0 Å². The molecule has 0 bridgehead atoms. The highest BCUT2D eigenvalue weighted by Gasteiger charge is 2.52. The van der Waals surface area contributed by atoms with E-state index in [2.05, 4.69) is 0 Å². The van der Waals surface area contributed by atoms with E-state index in [9.17, 15) is 30.6 Å². The van der Waals surface area contributed by atoms with Gasteiger partial charge >= 0.3 is 0 Å². The maximum atomic E-state index is 10.5. The number of aliphatic hydroxyl groups is 8. The average Bonchev–Trinajstić information content (AvgIpc) is 2.51. The summed E-state index contributed by atoms with van der Waals surface area (Å²) in [7, 11) is 0. The minimum Gasteiger partial charge on any atom is -0.394 e. The molecule has 2 heterocycles. The average molecular weight is 358 g/mol. The molecule has 0 spiro atoms. The predicted molar refractivity (Wildman–Crippen MR) is 74.9 cm³/mol. The molecule has 0 amide bonds. The molecule has 2 aliphatic heterocycles. The normalized spacial score (nSPS) is 51.7. The van der Waals surface area contributed by atoms with Crippen molar-refractivity contribution in [1.82, 2.24) is 0 Å². The first-order valence-electron chi connectivity index (χ1n) is 7.06. The van der Waals surface area contributed by atoms with Crippen LogP contribution in [0.25, 0.3) is 0 Å². The van der Waals surface area contributed by atoms with Gasteiger partial charge < -0.3 is 50.3 Å². The summed E-state index contributed by atoms with van der Waals surface area (Å²) in [6.07, 6.45) is -10.5. The van der Waals surface area contributed by atoms with Crippen LogP contribution in [0.1, 0.15) is 6.42 Å². The minimum atomic E-state index is -2.08. The largest absolute Gasteiger partial charge is 0.394 e. The Hall–Kier alpha value is -0.0500. The maximum Gasteiger partial charge on any atom is 0.194 e. The smallest absolute Gasteiger partial charge is 0.194 e. The summed E-state index contributed by atoms with van der Waals surface area (Å²) in [4.78, 5) is -2.08. The van der Waals surface area contributed by atoms with E-state index >= 15 is 0 Å². The van der Waals surface area contributed by atoms with Gasteiger partial charge in [0.1, 0.15) is 36.0 Å². The van der Waals surface area contributed by atoms with Crippen LogP contribution < -0.4 is 0 Å². The van der Waals surface area contributed by atoms with Crippen LogP contribution in [-0.4, -0.2) is 107 Å². The van der Waals surface area contributed by atoms with Gasteiger partial charge in [0.25, 0.3) is 0 Å². The third-order valence-electron chi connectivity index (χ3n) is 3.97. The van der Waals surface area contributed by atoms with Gasteiger partial charge in [-0.05, 0) is 0 Å². The van der Waals surface area contributed by atoms with Gasteiger partial charge in [0, 0.05) is 6.42 Å². The Morgan fingerprint density at radius 1 is 0.870 bits per heavy atom. The molecule has 11 heteroatoms. The first-order chi connectivity index (χ1) is 10.7. The van der Waals surface area contributed by atoms with Crippen molar-refractivity contribution in [3.63, 3.8) is 0 Å². The summed E-state index contributed by atoms with van der Waals surface area (Å²) in [6, 6.07) is 0. The van der Waals surface area contributed by atoms with Crippen LogP contribution in [0.5, 0.6) is 0 Å². The van der Waals surface area contributed by atoms with Crippen molar-refractivity contribution in [3.05, 3.63) is 0 Å². The van der Waals surface area contributed by atoms with E-state index in [0.717, 1.165) is 0 Å². The van der Waals surface area contributed by atoms with E-state index in [0.29, 0.717) is 11.8 Å². The molecule has 2 rings (SSSR count). The first-order valence-corrected chi connectivity index (χ1v) is 7.94. The van der Waals surface area contributed by atoms with Crippen molar-refractivity contribution in [1.29, 1.82) is 0 Å². The lowest BCUT2D eigenvalue weighted by molar-refractivity contribution is -0.264. The molecule has 23 heavy (non-hydrogen) atoms. The highest BCUT2D eigenvalue weighted by Crippen LogP contribution is 2.43. The Bertz CT molecular complexity index is 398. The summed E-state index contributed by atoms with van der Waals surface area (Å²) in [5, 5.41) is 77.6. The van der Waals surface area contributed by atoms with Crippen LogP contribution >= 0.6 is 11.8 Å². The lowest BCUT2D eigenvalue weighted by atomic mass is 10.0. The van der Waals surface area contributed by atoms with Crippen molar-refractivity contribution >= 4 is 11.8 Å². The van der Waals surface area contributed by atoms with Gasteiger partial charge in [-0.3, -0.25) is 0 Å². The van der Waals surface area contributed by atoms with Crippen LogP contribution in [-0.2, 0) is 9.47 Å². The second kappa shape index (κ2) is 7.45. The fraction of sp³-hybridized carbons (Fsp3) is 1.00. The fourth-order valence-electron chi connectivity index (χ4n) is 2.53. The summed E-state index contributed by atoms with van der Waals surface area (Å²) < 4.78 is 10.2. The summed E-state index contributed by atoms with van der Waals surface area (Å²) >= 11 is 0.486. The zero-order valence-electron chi connectivity index (χ0n) is 12.0. The summed E-state index contributed by atoms with van der Waals surface area (Å²) in [5.41, 5.74) is -1.30. The Labute approximate surface area is 135 Å². The molecular weight excluding hydrogens is 336 g/mol. The van der Waals surface area contributed by atoms with E-state index in [1.807, 2.05) is 0 Å². The van der Waals surface area contributed by atoms with Crippen molar-refractivity contribution in [2.75, 3.05) is 13.2 Å². The molecule has 0 aromatic carbocycles. The Balaban J connectivity index is 2.10. The van der Waals surface area contributed by atoms with Gasteiger partial charge in [0.2, 0.25) is 0 Å². The monoisotopic (exact) mass is 358 g/mol. The molecule has 0 radical (unpaired) electrons. The van der Waals surface area contributed by atoms with Gasteiger partial charge in [-0.1, -0.05) is 11.8 Å². The maximum absolute atomic E-state index is 10.5. The molecule has 0 aromatic heterocycles. The summed E-state index contributed by atoms with van der Waals surface area (Å²) in [6.45, 7) is -1.19. The van der Waals surface area contributed by atoms with E-state index in [4.69, 9.17) is 19.7 Å². The number of hydrogen-bond donors (Lipinski definition) is 8. The molecule has 9 atom stereocenters. The van der Waals surface area contributed by atoms with Crippen molar-refractivity contribution in [2.24, 2.45) is 0 Å². The second-order valence-electron chi connectivity index (χ2n) is 5.64. The first kappa shape index (κ1) is 19.3. The topological polar surface area (TPSA) is 180 Å². The van der Waals surface area contributed by atoms with Crippen LogP contribution in [0, 0.1) is 0 Å². The van der Waals surface area contributed by atoms with Gasteiger partial charge in [0.15, 0.2) is 11.2 Å². The van der Waals surface area contributed by atoms with Crippen molar-refractivity contribution in [2.45, 2.75) is 59.7 Å². The number of thioether (sulfide) groups is 1. The lowest BCUT2D eigenvalue weighted by Crippen LogP contribution is -2.61. The molecule has 2 saturated heterocycles. The quantitative estimate of drug-likeness (QED) is 0.228. The van der Waals surface area contributed by atoms with Crippen LogP contribution in [0.4, 0.5) is 0 Å². The fourth-order valence-corrected chi connectivity index (χ4v) is 3.87. The zero-order chi connectivity index (χ0) is 17.4. The van der Waals surface area contributed by atoms with Gasteiger partial charge in [-0.25, -0.2) is 0 Å².